The zero-order valence-corrected chi connectivity index (χ0v) is 9.76. The van der Waals surface area contributed by atoms with E-state index >= 15 is 0 Å². The molecule has 0 spiro atoms. The van der Waals surface area contributed by atoms with Gasteiger partial charge in [0, 0.05) is 11.9 Å². The predicted molar refractivity (Wildman–Crippen MR) is 66.7 cm³/mol. The molecule has 0 aliphatic heterocycles. The zero-order chi connectivity index (χ0) is 12.3. The zero-order valence-electron chi connectivity index (χ0n) is 9.76. The molecule has 2 rings (SSSR count). The maximum absolute atomic E-state index is 11.1. The third kappa shape index (κ3) is 2.23. The SMILES string of the molecule is CCCc1ccccc1-n1cccc1C(=O)O. The smallest absolute Gasteiger partial charge is 0.352 e. The molecule has 0 saturated carbocycles. The first kappa shape index (κ1) is 11.5. The number of carboxylic acids is 1. The molecular weight excluding hydrogens is 214 g/mol. The van der Waals surface area contributed by atoms with Crippen LogP contribution in [0.2, 0.25) is 0 Å². The second-order valence-corrected chi connectivity index (χ2v) is 3.95. The fourth-order valence-electron chi connectivity index (χ4n) is 1.99. The fraction of sp³-hybridized carbons (Fsp3) is 0.214. The van der Waals surface area contributed by atoms with Gasteiger partial charge in [-0.15, -0.1) is 0 Å². The second-order valence-electron chi connectivity index (χ2n) is 3.95. The van der Waals surface area contributed by atoms with E-state index in [1.165, 1.54) is 5.56 Å². The highest BCUT2D eigenvalue weighted by atomic mass is 16.4. The first-order valence-electron chi connectivity index (χ1n) is 5.73. The van der Waals surface area contributed by atoms with Crippen molar-refractivity contribution in [3.8, 4) is 5.69 Å². The van der Waals surface area contributed by atoms with Crippen molar-refractivity contribution in [1.82, 2.24) is 4.57 Å². The summed E-state index contributed by atoms with van der Waals surface area (Å²) in [4.78, 5) is 11.1. The van der Waals surface area contributed by atoms with Crippen LogP contribution in [-0.4, -0.2) is 15.6 Å². The molecule has 0 unspecified atom stereocenters. The number of carbonyl (C=O) groups is 1. The molecule has 0 atom stereocenters. The first-order chi connectivity index (χ1) is 8.24. The molecular formula is C14H15NO2. The topological polar surface area (TPSA) is 42.2 Å². The van der Waals surface area contributed by atoms with Gasteiger partial charge in [-0.3, -0.25) is 0 Å². The lowest BCUT2D eigenvalue weighted by Crippen LogP contribution is -2.07. The van der Waals surface area contributed by atoms with Crippen LogP contribution in [0.25, 0.3) is 5.69 Å². The molecule has 2 aromatic rings. The van der Waals surface area contributed by atoms with E-state index in [9.17, 15) is 4.79 Å². The summed E-state index contributed by atoms with van der Waals surface area (Å²) in [7, 11) is 0. The number of nitrogens with zero attached hydrogens (tertiary/aromatic N) is 1. The molecule has 0 bridgehead atoms. The van der Waals surface area contributed by atoms with Crippen molar-refractivity contribution in [1.29, 1.82) is 0 Å². The van der Waals surface area contributed by atoms with Crippen molar-refractivity contribution >= 4 is 5.97 Å². The average molecular weight is 229 g/mol. The lowest BCUT2D eigenvalue weighted by molar-refractivity contribution is 0.0688. The minimum Gasteiger partial charge on any atom is -0.477 e. The highest BCUT2D eigenvalue weighted by Crippen LogP contribution is 2.19. The van der Waals surface area contributed by atoms with Gasteiger partial charge in [0.15, 0.2) is 0 Å². The predicted octanol–water partition coefficient (Wildman–Crippen LogP) is 3.13. The Kier molecular flexibility index (Phi) is 3.28. The van der Waals surface area contributed by atoms with Gasteiger partial charge in [-0.25, -0.2) is 4.79 Å². The molecule has 1 aromatic carbocycles. The summed E-state index contributed by atoms with van der Waals surface area (Å²) in [6.07, 6.45) is 3.78. The average Bonchev–Trinajstić information content (AvgIpc) is 2.79. The highest BCUT2D eigenvalue weighted by molar-refractivity contribution is 5.86. The van der Waals surface area contributed by atoms with E-state index in [1.54, 1.807) is 22.9 Å². The standard InChI is InChI=1S/C14H15NO2/c1-2-6-11-7-3-4-8-12(11)15-10-5-9-13(15)14(16)17/h3-5,7-10H,2,6H2,1H3,(H,16,17). The van der Waals surface area contributed by atoms with Crippen LogP contribution in [0.5, 0.6) is 0 Å². The summed E-state index contributed by atoms with van der Waals surface area (Å²) < 4.78 is 1.73. The normalized spacial score (nSPS) is 10.4. The van der Waals surface area contributed by atoms with E-state index in [0.717, 1.165) is 18.5 Å². The van der Waals surface area contributed by atoms with Gasteiger partial charge in [-0.1, -0.05) is 31.5 Å². The number of aryl methyl sites for hydroxylation is 1. The number of rotatable bonds is 4. The van der Waals surface area contributed by atoms with Crippen LogP contribution in [-0.2, 0) is 6.42 Å². The number of hydrogen-bond donors (Lipinski definition) is 1. The van der Waals surface area contributed by atoms with E-state index in [2.05, 4.69) is 6.92 Å². The Hall–Kier alpha value is -2.03. The van der Waals surface area contributed by atoms with Gasteiger partial charge in [-0.05, 0) is 30.2 Å². The molecule has 1 aromatic heterocycles. The number of hydrogen-bond acceptors (Lipinski definition) is 1. The van der Waals surface area contributed by atoms with Crippen molar-refractivity contribution in [3.63, 3.8) is 0 Å². The molecule has 3 heteroatoms. The summed E-state index contributed by atoms with van der Waals surface area (Å²) in [5, 5.41) is 9.12. The van der Waals surface area contributed by atoms with E-state index in [1.807, 2.05) is 24.3 Å². The highest BCUT2D eigenvalue weighted by Gasteiger charge is 2.11. The summed E-state index contributed by atoms with van der Waals surface area (Å²) >= 11 is 0. The van der Waals surface area contributed by atoms with Crippen LogP contribution in [0.15, 0.2) is 42.6 Å². The van der Waals surface area contributed by atoms with Gasteiger partial charge in [0.2, 0.25) is 0 Å². The molecule has 0 aliphatic rings. The monoisotopic (exact) mass is 229 g/mol. The maximum Gasteiger partial charge on any atom is 0.352 e. The number of benzene rings is 1. The lowest BCUT2D eigenvalue weighted by atomic mass is 10.1. The summed E-state index contributed by atoms with van der Waals surface area (Å²) in [6, 6.07) is 11.3. The Bertz CT molecular complexity index is 529. The van der Waals surface area contributed by atoms with Crippen molar-refractivity contribution in [2.45, 2.75) is 19.8 Å². The maximum atomic E-state index is 11.1. The van der Waals surface area contributed by atoms with Gasteiger partial charge in [-0.2, -0.15) is 0 Å². The molecule has 0 fully saturated rings. The quantitative estimate of drug-likeness (QED) is 0.875. The molecule has 0 radical (unpaired) electrons. The molecule has 0 aliphatic carbocycles. The minimum atomic E-state index is -0.902. The largest absolute Gasteiger partial charge is 0.477 e. The van der Waals surface area contributed by atoms with Crippen LogP contribution < -0.4 is 0 Å². The molecule has 1 heterocycles. The first-order valence-corrected chi connectivity index (χ1v) is 5.73. The Morgan fingerprint density at radius 2 is 2.00 bits per heavy atom. The van der Waals surface area contributed by atoms with E-state index in [4.69, 9.17) is 5.11 Å². The lowest BCUT2D eigenvalue weighted by Gasteiger charge is -2.11. The van der Waals surface area contributed by atoms with Crippen LogP contribution in [0.1, 0.15) is 29.4 Å². The molecule has 3 nitrogen and oxygen atoms in total. The van der Waals surface area contributed by atoms with E-state index in [0.29, 0.717) is 5.69 Å². The Morgan fingerprint density at radius 3 is 2.71 bits per heavy atom. The number of aromatic nitrogens is 1. The van der Waals surface area contributed by atoms with Gasteiger partial charge < -0.3 is 9.67 Å². The molecule has 0 saturated heterocycles. The molecule has 0 amide bonds. The van der Waals surface area contributed by atoms with Crippen LogP contribution in [0.3, 0.4) is 0 Å². The number of carboxylic acid groups (broad SMARTS) is 1. The van der Waals surface area contributed by atoms with E-state index in [-0.39, 0.29) is 0 Å². The Balaban J connectivity index is 2.52. The number of para-hydroxylation sites is 1. The minimum absolute atomic E-state index is 0.300. The summed E-state index contributed by atoms with van der Waals surface area (Å²) in [5.74, 6) is -0.902. The summed E-state index contributed by atoms with van der Waals surface area (Å²) in [5.41, 5.74) is 2.43. The van der Waals surface area contributed by atoms with Gasteiger partial charge in [0.25, 0.3) is 0 Å². The van der Waals surface area contributed by atoms with Crippen molar-refractivity contribution < 1.29 is 9.90 Å². The molecule has 17 heavy (non-hydrogen) atoms. The number of aromatic carboxylic acids is 1. The van der Waals surface area contributed by atoms with Gasteiger partial charge in [0.05, 0.1) is 0 Å². The van der Waals surface area contributed by atoms with Gasteiger partial charge in [0.1, 0.15) is 5.69 Å². The van der Waals surface area contributed by atoms with Gasteiger partial charge >= 0.3 is 5.97 Å². The summed E-state index contributed by atoms with van der Waals surface area (Å²) in [6.45, 7) is 2.12. The Morgan fingerprint density at radius 1 is 1.24 bits per heavy atom. The Labute approximate surface area is 100 Å². The third-order valence-corrected chi connectivity index (χ3v) is 2.74. The van der Waals surface area contributed by atoms with E-state index < -0.39 is 5.97 Å². The van der Waals surface area contributed by atoms with Crippen molar-refractivity contribution in [3.05, 3.63) is 53.9 Å². The third-order valence-electron chi connectivity index (χ3n) is 2.74. The fourth-order valence-corrected chi connectivity index (χ4v) is 1.99. The molecule has 1 N–H and O–H groups in total. The van der Waals surface area contributed by atoms with Crippen LogP contribution >= 0.6 is 0 Å². The van der Waals surface area contributed by atoms with Crippen LogP contribution in [0, 0.1) is 0 Å². The second kappa shape index (κ2) is 4.87. The van der Waals surface area contributed by atoms with Crippen molar-refractivity contribution in [2.75, 3.05) is 0 Å². The molecule has 88 valence electrons. The van der Waals surface area contributed by atoms with Crippen LogP contribution in [0.4, 0.5) is 0 Å². The van der Waals surface area contributed by atoms with Crippen molar-refractivity contribution in [2.24, 2.45) is 0 Å².